The first-order valence-corrected chi connectivity index (χ1v) is 6.00. The van der Waals surface area contributed by atoms with Crippen LogP contribution in [0.5, 0.6) is 0 Å². The van der Waals surface area contributed by atoms with E-state index < -0.39 is 0 Å². The molecule has 0 saturated carbocycles. The van der Waals surface area contributed by atoms with Gasteiger partial charge in [0, 0.05) is 6.61 Å². The third kappa shape index (κ3) is 6.88. The molecule has 1 saturated heterocycles. The summed E-state index contributed by atoms with van der Waals surface area (Å²) in [5.41, 5.74) is -0.0429. The highest BCUT2D eigenvalue weighted by atomic mass is 16.5. The standard InChI is InChI=1S/C12H25NO2/c1-12(2,3)15-9-8-14-7-5-11-4-6-13-10-11/h11,13H,4-10H2,1-3H3. The molecule has 1 N–H and O–H groups in total. The lowest BCUT2D eigenvalue weighted by Crippen LogP contribution is -2.22. The zero-order valence-electron chi connectivity index (χ0n) is 10.3. The lowest BCUT2D eigenvalue weighted by molar-refractivity contribution is -0.0359. The van der Waals surface area contributed by atoms with E-state index in [1.807, 2.05) is 0 Å². The van der Waals surface area contributed by atoms with Crippen LogP contribution in [-0.2, 0) is 9.47 Å². The van der Waals surface area contributed by atoms with E-state index in [9.17, 15) is 0 Å². The molecule has 90 valence electrons. The summed E-state index contributed by atoms with van der Waals surface area (Å²) in [6.45, 7) is 10.8. The highest BCUT2D eigenvalue weighted by Crippen LogP contribution is 2.11. The maximum Gasteiger partial charge on any atom is 0.0707 e. The van der Waals surface area contributed by atoms with Gasteiger partial charge in [-0.2, -0.15) is 0 Å². The second-order valence-corrected chi connectivity index (χ2v) is 5.22. The summed E-state index contributed by atoms with van der Waals surface area (Å²) in [7, 11) is 0. The Bertz CT molecular complexity index is 159. The maximum atomic E-state index is 5.56. The van der Waals surface area contributed by atoms with Crippen LogP contribution in [0.3, 0.4) is 0 Å². The number of hydrogen-bond donors (Lipinski definition) is 1. The van der Waals surface area contributed by atoms with Crippen molar-refractivity contribution in [3.8, 4) is 0 Å². The van der Waals surface area contributed by atoms with Crippen LogP contribution in [0, 0.1) is 5.92 Å². The van der Waals surface area contributed by atoms with E-state index in [2.05, 4.69) is 26.1 Å². The summed E-state index contributed by atoms with van der Waals surface area (Å²) in [6.07, 6.45) is 2.49. The Morgan fingerprint density at radius 3 is 2.60 bits per heavy atom. The van der Waals surface area contributed by atoms with Crippen molar-refractivity contribution < 1.29 is 9.47 Å². The van der Waals surface area contributed by atoms with Crippen molar-refractivity contribution in [1.82, 2.24) is 5.32 Å². The van der Waals surface area contributed by atoms with Crippen LogP contribution in [0.1, 0.15) is 33.6 Å². The minimum absolute atomic E-state index is 0.0429. The van der Waals surface area contributed by atoms with Gasteiger partial charge in [0.25, 0.3) is 0 Å². The van der Waals surface area contributed by atoms with E-state index >= 15 is 0 Å². The molecule has 1 fully saturated rings. The molecule has 3 nitrogen and oxygen atoms in total. The molecule has 0 aromatic rings. The van der Waals surface area contributed by atoms with Crippen molar-refractivity contribution in [1.29, 1.82) is 0 Å². The third-order valence-corrected chi connectivity index (χ3v) is 2.60. The zero-order valence-corrected chi connectivity index (χ0v) is 10.3. The normalized spacial score (nSPS) is 22.2. The minimum atomic E-state index is -0.0429. The van der Waals surface area contributed by atoms with Gasteiger partial charge in [-0.05, 0) is 52.6 Å². The predicted molar refractivity (Wildman–Crippen MR) is 62.1 cm³/mol. The molecular weight excluding hydrogens is 190 g/mol. The van der Waals surface area contributed by atoms with Gasteiger partial charge >= 0.3 is 0 Å². The van der Waals surface area contributed by atoms with Gasteiger partial charge in [0.15, 0.2) is 0 Å². The second kappa shape index (κ2) is 6.46. The van der Waals surface area contributed by atoms with Gasteiger partial charge in [-0.3, -0.25) is 0 Å². The maximum absolute atomic E-state index is 5.56. The molecule has 1 aliphatic rings. The van der Waals surface area contributed by atoms with E-state index in [-0.39, 0.29) is 5.60 Å². The molecule has 0 aromatic carbocycles. The monoisotopic (exact) mass is 215 g/mol. The van der Waals surface area contributed by atoms with E-state index in [1.54, 1.807) is 0 Å². The molecule has 0 aliphatic carbocycles. The van der Waals surface area contributed by atoms with Crippen LogP contribution in [0.4, 0.5) is 0 Å². The summed E-state index contributed by atoms with van der Waals surface area (Å²) < 4.78 is 11.1. The Morgan fingerprint density at radius 2 is 2.00 bits per heavy atom. The van der Waals surface area contributed by atoms with Gasteiger partial charge in [0.2, 0.25) is 0 Å². The van der Waals surface area contributed by atoms with Gasteiger partial charge in [-0.15, -0.1) is 0 Å². The minimum Gasteiger partial charge on any atom is -0.379 e. The Morgan fingerprint density at radius 1 is 1.20 bits per heavy atom. The fourth-order valence-electron chi connectivity index (χ4n) is 1.72. The molecule has 1 rings (SSSR count). The fraction of sp³-hybridized carbons (Fsp3) is 1.00. The van der Waals surface area contributed by atoms with Crippen molar-refractivity contribution in [2.24, 2.45) is 5.92 Å². The van der Waals surface area contributed by atoms with Crippen LogP contribution in [0.2, 0.25) is 0 Å². The number of hydrogen-bond acceptors (Lipinski definition) is 3. The molecule has 15 heavy (non-hydrogen) atoms. The van der Waals surface area contributed by atoms with Crippen LogP contribution in [-0.4, -0.2) is 38.5 Å². The summed E-state index contributed by atoms with van der Waals surface area (Å²) in [5, 5.41) is 3.36. The Kier molecular flexibility index (Phi) is 5.58. The summed E-state index contributed by atoms with van der Waals surface area (Å²) >= 11 is 0. The summed E-state index contributed by atoms with van der Waals surface area (Å²) in [6, 6.07) is 0. The van der Waals surface area contributed by atoms with Crippen molar-refractivity contribution in [2.45, 2.75) is 39.2 Å². The molecule has 0 amide bonds. The average Bonchev–Trinajstić information content (AvgIpc) is 2.61. The SMILES string of the molecule is CC(C)(C)OCCOCCC1CCNC1. The lowest BCUT2D eigenvalue weighted by atomic mass is 10.1. The molecule has 0 spiro atoms. The van der Waals surface area contributed by atoms with Gasteiger partial charge in [-0.1, -0.05) is 0 Å². The van der Waals surface area contributed by atoms with Gasteiger partial charge < -0.3 is 14.8 Å². The Labute approximate surface area is 93.5 Å². The van der Waals surface area contributed by atoms with Crippen molar-refractivity contribution in [3.05, 3.63) is 0 Å². The average molecular weight is 215 g/mol. The Balaban J connectivity index is 1.84. The van der Waals surface area contributed by atoms with Crippen molar-refractivity contribution in [2.75, 3.05) is 32.9 Å². The highest BCUT2D eigenvalue weighted by Gasteiger charge is 2.13. The lowest BCUT2D eigenvalue weighted by Gasteiger charge is -2.19. The number of rotatable bonds is 6. The van der Waals surface area contributed by atoms with E-state index in [0.29, 0.717) is 6.61 Å². The van der Waals surface area contributed by atoms with Gasteiger partial charge in [0.05, 0.1) is 18.8 Å². The molecular formula is C12H25NO2. The Hall–Kier alpha value is -0.120. The predicted octanol–water partition coefficient (Wildman–Crippen LogP) is 1.82. The molecule has 0 radical (unpaired) electrons. The largest absolute Gasteiger partial charge is 0.379 e. The van der Waals surface area contributed by atoms with E-state index in [1.165, 1.54) is 25.9 Å². The van der Waals surface area contributed by atoms with Crippen LogP contribution >= 0.6 is 0 Å². The molecule has 1 aliphatic heterocycles. The molecule has 1 heterocycles. The molecule has 3 heteroatoms. The zero-order chi connectivity index (χ0) is 11.1. The molecule has 1 unspecified atom stereocenters. The number of ether oxygens (including phenoxy) is 2. The first-order chi connectivity index (χ1) is 7.08. The molecule has 0 bridgehead atoms. The van der Waals surface area contributed by atoms with Crippen LogP contribution in [0.15, 0.2) is 0 Å². The quantitative estimate of drug-likeness (QED) is 0.686. The first-order valence-electron chi connectivity index (χ1n) is 6.00. The second-order valence-electron chi connectivity index (χ2n) is 5.22. The molecule has 0 aromatic heterocycles. The fourth-order valence-corrected chi connectivity index (χ4v) is 1.72. The smallest absolute Gasteiger partial charge is 0.0707 e. The van der Waals surface area contributed by atoms with E-state index in [4.69, 9.17) is 9.47 Å². The summed E-state index contributed by atoms with van der Waals surface area (Å²) in [4.78, 5) is 0. The van der Waals surface area contributed by atoms with Crippen LogP contribution < -0.4 is 5.32 Å². The van der Waals surface area contributed by atoms with Crippen molar-refractivity contribution >= 4 is 0 Å². The third-order valence-electron chi connectivity index (χ3n) is 2.60. The first kappa shape index (κ1) is 12.9. The van der Waals surface area contributed by atoms with Crippen LogP contribution in [0.25, 0.3) is 0 Å². The number of nitrogens with one attached hydrogen (secondary N) is 1. The van der Waals surface area contributed by atoms with Gasteiger partial charge in [0.1, 0.15) is 0 Å². The topological polar surface area (TPSA) is 30.5 Å². The van der Waals surface area contributed by atoms with Crippen molar-refractivity contribution in [3.63, 3.8) is 0 Å². The van der Waals surface area contributed by atoms with E-state index in [0.717, 1.165) is 19.1 Å². The highest BCUT2D eigenvalue weighted by molar-refractivity contribution is 4.70. The summed E-state index contributed by atoms with van der Waals surface area (Å²) in [5.74, 6) is 0.827. The van der Waals surface area contributed by atoms with Gasteiger partial charge in [-0.25, -0.2) is 0 Å². The molecule has 1 atom stereocenters.